The Balaban J connectivity index is 2.05. The van der Waals surface area contributed by atoms with Gasteiger partial charge in [0.25, 0.3) is 5.91 Å². The maximum absolute atomic E-state index is 14.1. The Morgan fingerprint density at radius 3 is 2.27 bits per heavy atom. The molecule has 0 aromatic rings. The number of nitrogens with two attached hydrogens (primary N) is 1. The highest BCUT2D eigenvalue weighted by molar-refractivity contribution is 5.86. The first-order valence-corrected chi connectivity index (χ1v) is 7.96. The molecular formula is C15H24F2N2O3. The Morgan fingerprint density at radius 1 is 1.23 bits per heavy atom. The number of amides is 2. The summed E-state index contributed by atoms with van der Waals surface area (Å²) in [5, 5.41) is 12.1. The van der Waals surface area contributed by atoms with E-state index in [0.29, 0.717) is 6.42 Å². The predicted molar refractivity (Wildman–Crippen MR) is 76.1 cm³/mol. The van der Waals surface area contributed by atoms with Crippen LogP contribution >= 0.6 is 0 Å². The quantitative estimate of drug-likeness (QED) is 0.692. The van der Waals surface area contributed by atoms with Gasteiger partial charge in [0, 0.05) is 12.5 Å². The number of primary amides is 1. The Kier molecular flexibility index (Phi) is 5.04. The molecule has 0 aromatic carbocycles. The van der Waals surface area contributed by atoms with Crippen LogP contribution in [0.3, 0.4) is 0 Å². The van der Waals surface area contributed by atoms with Crippen molar-refractivity contribution in [3.63, 3.8) is 0 Å². The summed E-state index contributed by atoms with van der Waals surface area (Å²) in [4.78, 5) is 23.1. The molecule has 2 aliphatic carbocycles. The van der Waals surface area contributed by atoms with E-state index in [4.69, 9.17) is 5.73 Å². The lowest BCUT2D eigenvalue weighted by Crippen LogP contribution is -2.62. The van der Waals surface area contributed by atoms with Crippen LogP contribution < -0.4 is 11.1 Å². The smallest absolute Gasteiger partial charge is 0.352 e. The second-order valence-electron chi connectivity index (χ2n) is 6.61. The van der Waals surface area contributed by atoms with Gasteiger partial charge in [-0.15, -0.1) is 0 Å². The summed E-state index contributed by atoms with van der Waals surface area (Å²) < 4.78 is 28.3. The third-order valence-electron chi connectivity index (χ3n) is 5.01. The number of nitrogens with one attached hydrogen (secondary N) is 1. The van der Waals surface area contributed by atoms with Gasteiger partial charge in [0.1, 0.15) is 5.60 Å². The Bertz CT molecular complexity index is 433. The van der Waals surface area contributed by atoms with Crippen LogP contribution in [0.4, 0.5) is 8.78 Å². The first kappa shape index (κ1) is 17.1. The van der Waals surface area contributed by atoms with E-state index in [1.165, 1.54) is 0 Å². The zero-order valence-corrected chi connectivity index (χ0v) is 12.6. The molecule has 0 aliphatic heterocycles. The highest BCUT2D eigenvalue weighted by Crippen LogP contribution is 2.44. The number of rotatable bonds is 6. The van der Waals surface area contributed by atoms with E-state index in [2.05, 4.69) is 5.32 Å². The van der Waals surface area contributed by atoms with Crippen molar-refractivity contribution in [3.8, 4) is 0 Å². The number of aliphatic hydroxyl groups is 1. The van der Waals surface area contributed by atoms with Crippen molar-refractivity contribution in [1.29, 1.82) is 0 Å². The average molecular weight is 318 g/mol. The Hall–Kier alpha value is -1.24. The molecule has 2 rings (SSSR count). The normalized spacial score (nSPS) is 23.4. The summed E-state index contributed by atoms with van der Waals surface area (Å²) in [5.41, 5.74) is 2.93. The van der Waals surface area contributed by atoms with E-state index in [-0.39, 0.29) is 25.2 Å². The number of halogens is 2. The standard InChI is InChI=1S/C15H24F2N2O3/c16-15(17,14(22)7-4-8-14)13(21)19-11(9-12(18)20)10-5-2-1-3-6-10/h10-11,22H,1-9H2,(H2,18,20)(H,19,21). The fraction of sp³-hybridized carbons (Fsp3) is 0.867. The van der Waals surface area contributed by atoms with Gasteiger partial charge in [0.2, 0.25) is 5.91 Å². The van der Waals surface area contributed by atoms with Crippen molar-refractivity contribution in [2.24, 2.45) is 11.7 Å². The van der Waals surface area contributed by atoms with Gasteiger partial charge in [0.05, 0.1) is 0 Å². The van der Waals surface area contributed by atoms with Crippen molar-refractivity contribution >= 4 is 11.8 Å². The largest absolute Gasteiger partial charge is 0.383 e. The number of hydrogen-bond donors (Lipinski definition) is 3. The van der Waals surface area contributed by atoms with Crippen LogP contribution in [0.1, 0.15) is 57.8 Å². The fourth-order valence-electron chi connectivity index (χ4n) is 3.38. The zero-order chi connectivity index (χ0) is 16.4. The Morgan fingerprint density at radius 2 is 1.82 bits per heavy atom. The molecule has 0 saturated heterocycles. The average Bonchev–Trinajstić information content (AvgIpc) is 2.44. The van der Waals surface area contributed by atoms with Crippen LogP contribution in [0.5, 0.6) is 0 Å². The first-order chi connectivity index (χ1) is 10.3. The van der Waals surface area contributed by atoms with Crippen LogP contribution in [-0.4, -0.2) is 34.5 Å². The minimum Gasteiger partial charge on any atom is -0.383 e. The molecule has 4 N–H and O–H groups in total. The van der Waals surface area contributed by atoms with Crippen molar-refractivity contribution in [3.05, 3.63) is 0 Å². The first-order valence-electron chi connectivity index (χ1n) is 7.96. The lowest BCUT2D eigenvalue weighted by molar-refractivity contribution is -0.216. The van der Waals surface area contributed by atoms with Gasteiger partial charge in [-0.3, -0.25) is 9.59 Å². The second-order valence-corrected chi connectivity index (χ2v) is 6.61. The summed E-state index contributed by atoms with van der Waals surface area (Å²) in [6.45, 7) is 0. The number of hydrogen-bond acceptors (Lipinski definition) is 3. The van der Waals surface area contributed by atoms with E-state index in [9.17, 15) is 23.5 Å². The lowest BCUT2D eigenvalue weighted by Gasteiger charge is -2.42. The molecule has 0 bridgehead atoms. The molecule has 2 aliphatic rings. The fourth-order valence-corrected chi connectivity index (χ4v) is 3.38. The van der Waals surface area contributed by atoms with Crippen LogP contribution in [0.2, 0.25) is 0 Å². The van der Waals surface area contributed by atoms with E-state index in [1.807, 2.05) is 0 Å². The minimum absolute atomic E-state index is 0.0166. The summed E-state index contributed by atoms with van der Waals surface area (Å²) in [5.74, 6) is -5.97. The van der Waals surface area contributed by atoms with Gasteiger partial charge >= 0.3 is 5.92 Å². The number of carbonyl (C=O) groups excluding carboxylic acids is 2. The van der Waals surface area contributed by atoms with E-state index < -0.39 is 29.4 Å². The maximum Gasteiger partial charge on any atom is 0.352 e. The maximum atomic E-state index is 14.1. The molecule has 5 nitrogen and oxygen atoms in total. The third kappa shape index (κ3) is 3.39. The molecule has 1 atom stereocenters. The molecule has 0 spiro atoms. The molecule has 22 heavy (non-hydrogen) atoms. The van der Waals surface area contributed by atoms with Gasteiger partial charge in [-0.25, -0.2) is 0 Å². The summed E-state index contributed by atoms with van der Waals surface area (Å²) >= 11 is 0. The van der Waals surface area contributed by atoms with Gasteiger partial charge in [-0.05, 0) is 38.0 Å². The monoisotopic (exact) mass is 318 g/mol. The zero-order valence-electron chi connectivity index (χ0n) is 12.6. The van der Waals surface area contributed by atoms with Crippen LogP contribution in [0.15, 0.2) is 0 Å². The molecule has 0 radical (unpaired) electrons. The summed E-state index contributed by atoms with van der Waals surface area (Å²) in [6, 6.07) is -0.681. The van der Waals surface area contributed by atoms with E-state index in [0.717, 1.165) is 32.1 Å². The van der Waals surface area contributed by atoms with Crippen molar-refractivity contribution in [2.75, 3.05) is 0 Å². The van der Waals surface area contributed by atoms with Gasteiger partial charge < -0.3 is 16.2 Å². The second kappa shape index (κ2) is 6.48. The summed E-state index contributed by atoms with van der Waals surface area (Å²) in [7, 11) is 0. The molecule has 1 unspecified atom stereocenters. The lowest BCUT2D eigenvalue weighted by atomic mass is 9.74. The van der Waals surface area contributed by atoms with E-state index >= 15 is 0 Å². The van der Waals surface area contributed by atoms with E-state index in [1.54, 1.807) is 0 Å². The molecule has 0 heterocycles. The van der Waals surface area contributed by atoms with Crippen molar-refractivity contribution < 1.29 is 23.5 Å². The molecule has 2 fully saturated rings. The van der Waals surface area contributed by atoms with Crippen LogP contribution in [0, 0.1) is 5.92 Å². The SMILES string of the molecule is NC(=O)CC(NC(=O)C(F)(F)C1(O)CCC1)C1CCCCC1. The summed E-state index contributed by atoms with van der Waals surface area (Å²) in [6.07, 6.45) is 4.71. The molecule has 126 valence electrons. The molecule has 7 heteroatoms. The molecular weight excluding hydrogens is 294 g/mol. The van der Waals surface area contributed by atoms with Gasteiger partial charge in [-0.1, -0.05) is 19.3 Å². The highest BCUT2D eigenvalue weighted by Gasteiger charge is 2.61. The van der Waals surface area contributed by atoms with Crippen LogP contribution in [-0.2, 0) is 9.59 Å². The van der Waals surface area contributed by atoms with Gasteiger partial charge in [0.15, 0.2) is 0 Å². The van der Waals surface area contributed by atoms with Gasteiger partial charge in [-0.2, -0.15) is 8.78 Å². The number of carbonyl (C=O) groups is 2. The van der Waals surface area contributed by atoms with Crippen molar-refractivity contribution in [1.82, 2.24) is 5.32 Å². The molecule has 0 aromatic heterocycles. The highest BCUT2D eigenvalue weighted by atomic mass is 19.3. The molecule has 2 amide bonds. The molecule has 2 saturated carbocycles. The van der Waals surface area contributed by atoms with Crippen LogP contribution in [0.25, 0.3) is 0 Å². The topological polar surface area (TPSA) is 92.4 Å². The minimum atomic E-state index is -3.84. The third-order valence-corrected chi connectivity index (χ3v) is 5.01. The van der Waals surface area contributed by atoms with Crippen molar-refractivity contribution in [2.45, 2.75) is 75.4 Å². The Labute approximate surface area is 128 Å². The predicted octanol–water partition coefficient (Wildman–Crippen LogP) is 1.48. The number of alkyl halides is 2.